The van der Waals surface area contributed by atoms with E-state index in [1.165, 1.54) is 24.3 Å². The van der Waals surface area contributed by atoms with Crippen LogP contribution in [-0.4, -0.2) is 7.05 Å². The molecule has 2 aromatic rings. The highest BCUT2D eigenvalue weighted by Gasteiger charge is 2.33. The van der Waals surface area contributed by atoms with Crippen molar-refractivity contribution >= 4 is 0 Å². The molecular weight excluding hydrogens is 289 g/mol. The van der Waals surface area contributed by atoms with Gasteiger partial charge in [-0.1, -0.05) is 12.1 Å². The Morgan fingerprint density at radius 3 is 2.10 bits per heavy atom. The Balaban J connectivity index is 2.43. The predicted octanol–water partition coefficient (Wildman–Crippen LogP) is 4.37. The monoisotopic (exact) mass is 301 g/mol. The van der Waals surface area contributed by atoms with Gasteiger partial charge in [0.1, 0.15) is 11.6 Å². The lowest BCUT2D eigenvalue weighted by molar-refractivity contribution is -0.139. The van der Waals surface area contributed by atoms with Crippen molar-refractivity contribution in [1.29, 1.82) is 0 Å². The van der Waals surface area contributed by atoms with E-state index in [0.29, 0.717) is 17.2 Å². The number of alkyl halides is 3. The highest BCUT2D eigenvalue weighted by atomic mass is 19.4. The van der Waals surface area contributed by atoms with Gasteiger partial charge in [0, 0.05) is 12.1 Å². The van der Waals surface area contributed by atoms with Gasteiger partial charge in [-0.15, -0.1) is 0 Å². The molecule has 0 aromatic heterocycles. The average Bonchev–Trinajstić information content (AvgIpc) is 2.40. The maximum atomic E-state index is 13.6. The van der Waals surface area contributed by atoms with Crippen molar-refractivity contribution in [2.75, 3.05) is 7.05 Å². The summed E-state index contributed by atoms with van der Waals surface area (Å²) in [4.78, 5) is 0. The van der Waals surface area contributed by atoms with Crippen molar-refractivity contribution in [3.8, 4) is 11.1 Å². The third kappa shape index (κ3) is 3.39. The molecule has 2 rings (SSSR count). The molecule has 0 bridgehead atoms. The minimum absolute atomic E-state index is 0.262. The average molecular weight is 301 g/mol. The minimum atomic E-state index is -4.73. The second kappa shape index (κ2) is 5.81. The number of halogens is 5. The fourth-order valence-corrected chi connectivity index (χ4v) is 2.00. The minimum Gasteiger partial charge on any atom is -0.316 e. The van der Waals surface area contributed by atoms with Crippen LogP contribution in [0.2, 0.25) is 0 Å². The van der Waals surface area contributed by atoms with Crippen LogP contribution in [0.1, 0.15) is 11.1 Å². The molecule has 0 radical (unpaired) electrons. The van der Waals surface area contributed by atoms with Crippen molar-refractivity contribution in [3.63, 3.8) is 0 Å². The number of hydrogen-bond donors (Lipinski definition) is 1. The largest absolute Gasteiger partial charge is 0.419 e. The first-order valence-corrected chi connectivity index (χ1v) is 6.13. The predicted molar refractivity (Wildman–Crippen MR) is 69.6 cm³/mol. The summed E-state index contributed by atoms with van der Waals surface area (Å²) in [5, 5.41) is 2.78. The van der Waals surface area contributed by atoms with Crippen LogP contribution in [0.3, 0.4) is 0 Å². The van der Waals surface area contributed by atoms with Gasteiger partial charge in [0.2, 0.25) is 0 Å². The Labute approximate surface area is 118 Å². The molecule has 0 heterocycles. The summed E-state index contributed by atoms with van der Waals surface area (Å²) >= 11 is 0. The zero-order valence-electron chi connectivity index (χ0n) is 11.1. The topological polar surface area (TPSA) is 12.0 Å². The van der Waals surface area contributed by atoms with Crippen LogP contribution < -0.4 is 5.32 Å². The van der Waals surface area contributed by atoms with E-state index in [2.05, 4.69) is 5.32 Å². The molecule has 6 heteroatoms. The first-order valence-electron chi connectivity index (χ1n) is 6.13. The molecule has 21 heavy (non-hydrogen) atoms. The first-order chi connectivity index (χ1) is 9.82. The molecule has 0 aliphatic carbocycles. The van der Waals surface area contributed by atoms with Gasteiger partial charge >= 0.3 is 6.18 Å². The number of benzene rings is 2. The van der Waals surface area contributed by atoms with Crippen molar-refractivity contribution < 1.29 is 22.0 Å². The number of nitrogens with one attached hydrogen (secondary N) is 1. The third-order valence-electron chi connectivity index (χ3n) is 3.02. The third-order valence-corrected chi connectivity index (χ3v) is 3.02. The smallest absolute Gasteiger partial charge is 0.316 e. The fraction of sp³-hybridized carbons (Fsp3) is 0.200. The van der Waals surface area contributed by atoms with Crippen molar-refractivity contribution in [1.82, 2.24) is 5.32 Å². The summed E-state index contributed by atoms with van der Waals surface area (Å²) in [5.74, 6) is -1.78. The van der Waals surface area contributed by atoms with Gasteiger partial charge in [0.05, 0.1) is 5.56 Å². The molecule has 0 aliphatic heterocycles. The van der Waals surface area contributed by atoms with Crippen molar-refractivity contribution in [3.05, 3.63) is 59.2 Å². The van der Waals surface area contributed by atoms with Crippen molar-refractivity contribution in [2.45, 2.75) is 12.7 Å². The molecule has 2 aromatic carbocycles. The van der Waals surface area contributed by atoms with E-state index in [-0.39, 0.29) is 12.1 Å². The lowest BCUT2D eigenvalue weighted by atomic mass is 10.0. The quantitative estimate of drug-likeness (QED) is 0.830. The summed E-state index contributed by atoms with van der Waals surface area (Å²) in [6.07, 6.45) is -4.73. The summed E-state index contributed by atoms with van der Waals surface area (Å²) in [6.45, 7) is 0.267. The second-order valence-electron chi connectivity index (χ2n) is 4.53. The SMILES string of the molecule is CNCc1cc(-c2ccc(C(F)(F)F)c(F)c2)ccc1F. The highest BCUT2D eigenvalue weighted by molar-refractivity contribution is 5.65. The van der Waals surface area contributed by atoms with Crippen molar-refractivity contribution in [2.24, 2.45) is 0 Å². The van der Waals surface area contributed by atoms with Gasteiger partial charge in [-0.25, -0.2) is 8.78 Å². The van der Waals surface area contributed by atoms with Gasteiger partial charge in [0.15, 0.2) is 0 Å². The second-order valence-corrected chi connectivity index (χ2v) is 4.53. The molecule has 0 amide bonds. The van der Waals surface area contributed by atoms with Crippen LogP contribution in [0.5, 0.6) is 0 Å². The van der Waals surface area contributed by atoms with E-state index in [1.807, 2.05) is 0 Å². The van der Waals surface area contributed by atoms with E-state index in [0.717, 1.165) is 6.07 Å². The van der Waals surface area contributed by atoms with Gasteiger partial charge in [-0.3, -0.25) is 0 Å². The molecule has 0 unspecified atom stereocenters. The van der Waals surface area contributed by atoms with Crippen LogP contribution in [0.25, 0.3) is 11.1 Å². The number of hydrogen-bond acceptors (Lipinski definition) is 1. The van der Waals surface area contributed by atoms with Gasteiger partial charge in [0.25, 0.3) is 0 Å². The Morgan fingerprint density at radius 2 is 1.52 bits per heavy atom. The number of rotatable bonds is 3. The Morgan fingerprint density at radius 1 is 0.905 bits per heavy atom. The molecule has 0 atom stereocenters. The summed E-state index contributed by atoms with van der Waals surface area (Å²) in [5.41, 5.74) is -0.244. The molecule has 0 aliphatic rings. The maximum Gasteiger partial charge on any atom is 0.419 e. The molecule has 1 nitrogen and oxygen atoms in total. The first kappa shape index (κ1) is 15.4. The van der Waals surface area contributed by atoms with Gasteiger partial charge in [-0.05, 0) is 42.4 Å². The lowest BCUT2D eigenvalue weighted by Gasteiger charge is -2.11. The lowest BCUT2D eigenvalue weighted by Crippen LogP contribution is -2.08. The highest BCUT2D eigenvalue weighted by Crippen LogP contribution is 2.33. The Bertz CT molecular complexity index is 649. The molecular formula is C15H12F5N. The van der Waals surface area contributed by atoms with Crippen LogP contribution in [0.4, 0.5) is 22.0 Å². The molecule has 0 saturated heterocycles. The zero-order chi connectivity index (χ0) is 15.6. The van der Waals surface area contributed by atoms with E-state index in [1.54, 1.807) is 7.05 Å². The van der Waals surface area contributed by atoms with E-state index in [9.17, 15) is 22.0 Å². The molecule has 1 N–H and O–H groups in total. The van der Waals surface area contributed by atoms with Crippen LogP contribution in [0, 0.1) is 11.6 Å². The molecule has 0 saturated carbocycles. The maximum absolute atomic E-state index is 13.6. The van der Waals surface area contributed by atoms with Crippen LogP contribution >= 0.6 is 0 Å². The van der Waals surface area contributed by atoms with E-state index >= 15 is 0 Å². The standard InChI is InChI=1S/C15H12F5N/c1-21-8-11-6-9(3-5-13(11)16)10-2-4-12(14(17)7-10)15(18,19)20/h2-7,21H,8H2,1H3. The molecule has 0 spiro atoms. The molecule has 112 valence electrons. The van der Waals surface area contributed by atoms with Crippen LogP contribution in [0.15, 0.2) is 36.4 Å². The van der Waals surface area contributed by atoms with E-state index < -0.39 is 23.4 Å². The van der Waals surface area contributed by atoms with Gasteiger partial charge < -0.3 is 5.32 Å². The normalized spacial score (nSPS) is 11.7. The zero-order valence-corrected chi connectivity index (χ0v) is 11.1. The Hall–Kier alpha value is -1.95. The van der Waals surface area contributed by atoms with E-state index in [4.69, 9.17) is 0 Å². The van der Waals surface area contributed by atoms with Gasteiger partial charge in [-0.2, -0.15) is 13.2 Å². The summed E-state index contributed by atoms with van der Waals surface area (Å²) in [7, 11) is 1.64. The Kier molecular flexibility index (Phi) is 4.27. The molecule has 0 fully saturated rings. The summed E-state index contributed by atoms with van der Waals surface area (Å²) in [6, 6.07) is 6.75. The fourth-order valence-electron chi connectivity index (χ4n) is 2.00. The summed E-state index contributed by atoms with van der Waals surface area (Å²) < 4.78 is 64.6. The van der Waals surface area contributed by atoms with Crippen LogP contribution in [-0.2, 0) is 12.7 Å².